The van der Waals surface area contributed by atoms with Crippen LogP contribution in [0.1, 0.15) is 15.9 Å². The van der Waals surface area contributed by atoms with Crippen LogP contribution < -0.4 is 24.4 Å². The predicted molar refractivity (Wildman–Crippen MR) is 114 cm³/mol. The summed E-state index contributed by atoms with van der Waals surface area (Å²) in [6, 6.07) is 6.51. The second kappa shape index (κ2) is 9.91. The Morgan fingerprint density at radius 3 is 2.24 bits per heavy atom. The number of hydrazone groups is 1. The fraction of sp³-hybridized carbons (Fsp3) is 0.222. The molecule has 0 unspecified atom stereocenters. The SMILES string of the molecule is COc1ccc(/C=N\NC(=O)c2cc(OC)c(OC)c(OC)c2[N+](=O)[O-])cc1I. The van der Waals surface area contributed by atoms with Crippen LogP contribution >= 0.6 is 22.6 Å². The zero-order valence-electron chi connectivity index (χ0n) is 16.0. The molecule has 0 aliphatic rings. The van der Waals surface area contributed by atoms with Crippen molar-refractivity contribution in [3.8, 4) is 23.0 Å². The molecule has 0 radical (unpaired) electrons. The molecule has 1 amide bonds. The number of nitrogens with one attached hydrogen (secondary N) is 1. The van der Waals surface area contributed by atoms with Crippen molar-refractivity contribution in [2.24, 2.45) is 5.10 Å². The molecular formula is C18H18IN3O7. The highest BCUT2D eigenvalue weighted by Gasteiger charge is 2.32. The minimum absolute atomic E-state index is 0.00885. The molecule has 0 aliphatic carbocycles. The molecule has 1 N–H and O–H groups in total. The Labute approximate surface area is 180 Å². The van der Waals surface area contributed by atoms with E-state index in [4.69, 9.17) is 18.9 Å². The van der Waals surface area contributed by atoms with Gasteiger partial charge in [0, 0.05) is 6.07 Å². The van der Waals surface area contributed by atoms with Crippen molar-refractivity contribution in [2.45, 2.75) is 0 Å². The van der Waals surface area contributed by atoms with Gasteiger partial charge in [-0.1, -0.05) is 0 Å². The number of rotatable bonds is 8. The normalized spacial score (nSPS) is 10.5. The molecule has 154 valence electrons. The van der Waals surface area contributed by atoms with Gasteiger partial charge in [-0.2, -0.15) is 5.10 Å². The second-order valence-electron chi connectivity index (χ2n) is 5.39. The van der Waals surface area contributed by atoms with E-state index in [9.17, 15) is 14.9 Å². The first kappa shape index (κ1) is 22.2. The third-order valence-corrected chi connectivity index (χ3v) is 4.63. The Balaban J connectivity index is 2.37. The van der Waals surface area contributed by atoms with Gasteiger partial charge in [0.25, 0.3) is 5.91 Å². The molecule has 0 aliphatic heterocycles. The Bertz CT molecular complexity index is 963. The monoisotopic (exact) mass is 515 g/mol. The van der Waals surface area contributed by atoms with Gasteiger partial charge < -0.3 is 18.9 Å². The third-order valence-electron chi connectivity index (χ3n) is 3.79. The highest BCUT2D eigenvalue weighted by atomic mass is 127. The van der Waals surface area contributed by atoms with E-state index in [0.717, 1.165) is 3.57 Å². The van der Waals surface area contributed by atoms with Crippen molar-refractivity contribution < 1.29 is 28.7 Å². The quantitative estimate of drug-likeness (QED) is 0.248. The predicted octanol–water partition coefficient (Wildman–Crippen LogP) is 3.00. The van der Waals surface area contributed by atoms with Crippen molar-refractivity contribution in [3.05, 3.63) is 49.1 Å². The average Bonchev–Trinajstić information content (AvgIpc) is 2.71. The van der Waals surface area contributed by atoms with Crippen molar-refractivity contribution in [2.75, 3.05) is 28.4 Å². The molecule has 0 atom stereocenters. The lowest BCUT2D eigenvalue weighted by Gasteiger charge is -2.14. The lowest BCUT2D eigenvalue weighted by Crippen LogP contribution is -2.20. The van der Waals surface area contributed by atoms with E-state index in [1.54, 1.807) is 25.3 Å². The van der Waals surface area contributed by atoms with Gasteiger partial charge in [0.15, 0.2) is 5.75 Å². The number of carbonyl (C=O) groups is 1. The van der Waals surface area contributed by atoms with Crippen molar-refractivity contribution in [1.29, 1.82) is 0 Å². The molecular weight excluding hydrogens is 497 g/mol. The van der Waals surface area contributed by atoms with Crippen LogP contribution in [0, 0.1) is 13.7 Å². The van der Waals surface area contributed by atoms with Gasteiger partial charge in [-0.05, 0) is 46.4 Å². The minimum atomic E-state index is -0.810. The molecule has 29 heavy (non-hydrogen) atoms. The lowest BCUT2D eigenvalue weighted by molar-refractivity contribution is -0.386. The van der Waals surface area contributed by atoms with Crippen molar-refractivity contribution in [3.63, 3.8) is 0 Å². The topological polar surface area (TPSA) is 122 Å². The molecule has 0 saturated heterocycles. The molecule has 0 fully saturated rings. The summed E-state index contributed by atoms with van der Waals surface area (Å²) < 4.78 is 21.4. The number of nitro groups is 1. The lowest BCUT2D eigenvalue weighted by atomic mass is 10.1. The number of nitro benzene ring substituents is 1. The van der Waals surface area contributed by atoms with Crippen LogP contribution in [0.4, 0.5) is 5.69 Å². The van der Waals surface area contributed by atoms with E-state index < -0.39 is 16.5 Å². The number of methoxy groups -OCH3 is 4. The summed E-state index contributed by atoms with van der Waals surface area (Å²) in [5.41, 5.74) is 2.13. The number of hydrogen-bond acceptors (Lipinski definition) is 8. The van der Waals surface area contributed by atoms with E-state index in [1.807, 2.05) is 0 Å². The number of halogens is 1. The summed E-state index contributed by atoms with van der Waals surface area (Å²) in [4.78, 5) is 23.4. The molecule has 0 heterocycles. The van der Waals surface area contributed by atoms with Crippen LogP contribution in [0.5, 0.6) is 23.0 Å². The minimum Gasteiger partial charge on any atom is -0.496 e. The van der Waals surface area contributed by atoms with Gasteiger partial charge in [-0.25, -0.2) is 5.43 Å². The number of nitrogens with zero attached hydrogens (tertiary/aromatic N) is 2. The summed E-state index contributed by atoms with van der Waals surface area (Å²) in [5, 5.41) is 15.4. The maximum absolute atomic E-state index is 12.6. The zero-order chi connectivity index (χ0) is 21.6. The van der Waals surface area contributed by atoms with E-state index in [1.165, 1.54) is 33.6 Å². The van der Waals surface area contributed by atoms with Crippen LogP contribution in [0.15, 0.2) is 29.4 Å². The Morgan fingerprint density at radius 1 is 1.07 bits per heavy atom. The van der Waals surface area contributed by atoms with Crippen LogP contribution in [-0.4, -0.2) is 45.5 Å². The first-order valence-corrected chi connectivity index (χ1v) is 9.10. The van der Waals surface area contributed by atoms with Gasteiger partial charge in [-0.3, -0.25) is 14.9 Å². The van der Waals surface area contributed by atoms with E-state index in [-0.39, 0.29) is 22.8 Å². The molecule has 0 spiro atoms. The van der Waals surface area contributed by atoms with Gasteiger partial charge in [0.2, 0.25) is 11.5 Å². The maximum Gasteiger partial charge on any atom is 0.327 e. The number of carbonyl (C=O) groups excluding carboxylic acids is 1. The van der Waals surface area contributed by atoms with Crippen LogP contribution in [0.3, 0.4) is 0 Å². The van der Waals surface area contributed by atoms with E-state index in [2.05, 4.69) is 33.1 Å². The molecule has 10 nitrogen and oxygen atoms in total. The van der Waals surface area contributed by atoms with E-state index >= 15 is 0 Å². The van der Waals surface area contributed by atoms with Crippen LogP contribution in [-0.2, 0) is 0 Å². The number of amides is 1. The molecule has 0 aromatic heterocycles. The van der Waals surface area contributed by atoms with Gasteiger partial charge in [0.05, 0.1) is 43.1 Å². The molecule has 2 aromatic carbocycles. The average molecular weight is 515 g/mol. The number of benzene rings is 2. The van der Waals surface area contributed by atoms with Crippen LogP contribution in [0.2, 0.25) is 0 Å². The van der Waals surface area contributed by atoms with Crippen LogP contribution in [0.25, 0.3) is 0 Å². The van der Waals surface area contributed by atoms with E-state index in [0.29, 0.717) is 11.3 Å². The first-order chi connectivity index (χ1) is 13.9. The molecule has 0 bridgehead atoms. The van der Waals surface area contributed by atoms with Gasteiger partial charge in [-0.15, -0.1) is 0 Å². The third kappa shape index (κ3) is 4.85. The largest absolute Gasteiger partial charge is 0.496 e. The summed E-state index contributed by atoms with van der Waals surface area (Å²) in [6.45, 7) is 0. The Hall–Kier alpha value is -3.09. The second-order valence-corrected chi connectivity index (χ2v) is 6.55. The van der Waals surface area contributed by atoms with Gasteiger partial charge in [0.1, 0.15) is 11.3 Å². The van der Waals surface area contributed by atoms with Gasteiger partial charge >= 0.3 is 5.69 Å². The standard InChI is InChI=1S/C18H18IN3O7/c1-26-13-6-5-10(7-12(13)19)9-20-21-18(23)11-8-14(27-2)16(28-3)17(29-4)15(11)22(24)25/h5-9H,1-4H3,(H,21,23)/b20-9-. The summed E-state index contributed by atoms with van der Waals surface area (Å²) >= 11 is 2.11. The van der Waals surface area contributed by atoms with Crippen molar-refractivity contribution >= 4 is 40.4 Å². The highest BCUT2D eigenvalue weighted by molar-refractivity contribution is 14.1. The number of ether oxygens (including phenoxy) is 4. The highest BCUT2D eigenvalue weighted by Crippen LogP contribution is 2.46. The Morgan fingerprint density at radius 2 is 1.72 bits per heavy atom. The van der Waals surface area contributed by atoms with Crippen molar-refractivity contribution in [1.82, 2.24) is 5.43 Å². The maximum atomic E-state index is 12.6. The molecule has 2 aromatic rings. The molecule has 11 heteroatoms. The number of hydrogen-bond donors (Lipinski definition) is 1. The molecule has 2 rings (SSSR count). The first-order valence-electron chi connectivity index (χ1n) is 8.02. The Kier molecular flexibility index (Phi) is 7.59. The zero-order valence-corrected chi connectivity index (χ0v) is 18.2. The smallest absolute Gasteiger partial charge is 0.327 e. The fourth-order valence-corrected chi connectivity index (χ4v) is 3.24. The summed E-state index contributed by atoms with van der Waals surface area (Å²) in [7, 11) is 5.45. The molecule has 0 saturated carbocycles. The summed E-state index contributed by atoms with van der Waals surface area (Å²) in [6.07, 6.45) is 1.41. The summed E-state index contributed by atoms with van der Waals surface area (Å²) in [5.74, 6) is -0.214. The fourth-order valence-electron chi connectivity index (χ4n) is 2.48.